The molecule has 0 aromatic carbocycles. The number of rotatable bonds is 5. The lowest BCUT2D eigenvalue weighted by molar-refractivity contribution is -0.149. The molecule has 1 amide bonds. The van der Waals surface area contributed by atoms with Crippen LogP contribution in [0, 0.1) is 5.92 Å². The SMILES string of the molecule is CCOC(=O)C1CCCN(C(=O)c2cccnc2NC2CC2)C1. The number of aromatic nitrogens is 1. The van der Waals surface area contributed by atoms with Crippen LogP contribution < -0.4 is 5.32 Å². The molecule has 3 rings (SSSR count). The maximum absolute atomic E-state index is 12.8. The standard InChI is InChI=1S/C17H23N3O3/c1-2-23-17(22)12-5-4-10-20(11-12)16(21)14-6-3-9-18-15(14)19-13-7-8-13/h3,6,9,12-13H,2,4-5,7-8,10-11H2,1H3,(H,18,19). The Bertz CT molecular complexity index is 586. The van der Waals surface area contributed by atoms with Gasteiger partial charge in [-0.1, -0.05) is 0 Å². The Morgan fingerprint density at radius 3 is 2.96 bits per heavy atom. The highest BCUT2D eigenvalue weighted by Crippen LogP contribution is 2.27. The van der Waals surface area contributed by atoms with Gasteiger partial charge < -0.3 is 15.0 Å². The van der Waals surface area contributed by atoms with Crippen LogP contribution in [0.3, 0.4) is 0 Å². The normalized spacial score (nSPS) is 20.9. The van der Waals surface area contributed by atoms with Gasteiger partial charge in [0.15, 0.2) is 0 Å². The summed E-state index contributed by atoms with van der Waals surface area (Å²) in [5.74, 6) is 0.171. The maximum atomic E-state index is 12.8. The van der Waals surface area contributed by atoms with Crippen LogP contribution in [-0.2, 0) is 9.53 Å². The number of carbonyl (C=O) groups excluding carboxylic acids is 2. The summed E-state index contributed by atoms with van der Waals surface area (Å²) >= 11 is 0. The molecule has 0 bridgehead atoms. The van der Waals surface area contributed by atoms with Gasteiger partial charge in [0.05, 0.1) is 18.1 Å². The van der Waals surface area contributed by atoms with Crippen molar-refractivity contribution in [3.63, 3.8) is 0 Å². The van der Waals surface area contributed by atoms with Gasteiger partial charge in [-0.3, -0.25) is 9.59 Å². The molecule has 1 saturated carbocycles. The molecule has 0 radical (unpaired) electrons. The van der Waals surface area contributed by atoms with E-state index in [1.54, 1.807) is 30.2 Å². The van der Waals surface area contributed by atoms with E-state index in [1.807, 2.05) is 0 Å². The molecule has 23 heavy (non-hydrogen) atoms. The molecule has 1 saturated heterocycles. The van der Waals surface area contributed by atoms with E-state index in [4.69, 9.17) is 4.74 Å². The molecule has 2 heterocycles. The third kappa shape index (κ3) is 3.81. The Kier molecular flexibility index (Phi) is 4.79. The zero-order chi connectivity index (χ0) is 16.2. The summed E-state index contributed by atoms with van der Waals surface area (Å²) in [4.78, 5) is 30.8. The molecule has 1 atom stereocenters. The number of likely N-dealkylation sites (tertiary alicyclic amines) is 1. The van der Waals surface area contributed by atoms with Gasteiger partial charge in [0.25, 0.3) is 5.91 Å². The summed E-state index contributed by atoms with van der Waals surface area (Å²) in [5, 5.41) is 3.31. The second-order valence-electron chi connectivity index (χ2n) is 6.16. The van der Waals surface area contributed by atoms with Crippen LogP contribution in [-0.4, -0.2) is 47.5 Å². The average Bonchev–Trinajstić information content (AvgIpc) is 3.39. The van der Waals surface area contributed by atoms with Gasteiger partial charge in [0.2, 0.25) is 0 Å². The lowest BCUT2D eigenvalue weighted by Gasteiger charge is -2.31. The van der Waals surface area contributed by atoms with Gasteiger partial charge in [-0.25, -0.2) is 4.98 Å². The van der Waals surface area contributed by atoms with Crippen LogP contribution in [0.4, 0.5) is 5.82 Å². The monoisotopic (exact) mass is 317 g/mol. The minimum Gasteiger partial charge on any atom is -0.466 e. The second kappa shape index (κ2) is 6.98. The molecule has 1 aliphatic heterocycles. The molecular formula is C17H23N3O3. The van der Waals surface area contributed by atoms with Crippen LogP contribution >= 0.6 is 0 Å². The van der Waals surface area contributed by atoms with Crippen molar-refractivity contribution in [2.75, 3.05) is 25.0 Å². The summed E-state index contributed by atoms with van der Waals surface area (Å²) in [6.45, 7) is 3.28. The topological polar surface area (TPSA) is 71.5 Å². The zero-order valence-electron chi connectivity index (χ0n) is 13.5. The Hall–Kier alpha value is -2.11. The van der Waals surface area contributed by atoms with E-state index < -0.39 is 0 Å². The summed E-state index contributed by atoms with van der Waals surface area (Å²) in [6.07, 6.45) is 5.54. The van der Waals surface area contributed by atoms with E-state index in [0.717, 1.165) is 25.7 Å². The molecule has 1 aliphatic carbocycles. The Morgan fingerprint density at radius 2 is 2.22 bits per heavy atom. The Labute approximate surface area is 136 Å². The molecule has 1 unspecified atom stereocenters. The fraction of sp³-hybridized carbons (Fsp3) is 0.588. The molecule has 6 heteroatoms. The van der Waals surface area contributed by atoms with Crippen molar-refractivity contribution in [2.24, 2.45) is 5.92 Å². The van der Waals surface area contributed by atoms with Crippen molar-refractivity contribution in [1.29, 1.82) is 0 Å². The molecule has 1 N–H and O–H groups in total. The number of piperidine rings is 1. The van der Waals surface area contributed by atoms with Gasteiger partial charge >= 0.3 is 5.97 Å². The van der Waals surface area contributed by atoms with E-state index in [2.05, 4.69) is 10.3 Å². The van der Waals surface area contributed by atoms with Crippen molar-refractivity contribution in [2.45, 2.75) is 38.6 Å². The predicted octanol–water partition coefficient (Wildman–Crippen LogP) is 2.07. The summed E-state index contributed by atoms with van der Waals surface area (Å²) in [6, 6.07) is 4.01. The number of pyridine rings is 1. The highest BCUT2D eigenvalue weighted by Gasteiger charge is 2.31. The average molecular weight is 317 g/mol. The first-order valence-electron chi connectivity index (χ1n) is 8.36. The molecule has 124 valence electrons. The third-order valence-corrected chi connectivity index (χ3v) is 4.28. The molecule has 1 aromatic rings. The highest BCUT2D eigenvalue weighted by molar-refractivity contribution is 5.99. The van der Waals surface area contributed by atoms with Crippen LogP contribution in [0.2, 0.25) is 0 Å². The number of hydrogen-bond acceptors (Lipinski definition) is 5. The maximum Gasteiger partial charge on any atom is 0.310 e. The summed E-state index contributed by atoms with van der Waals surface area (Å²) in [7, 11) is 0. The van der Waals surface area contributed by atoms with E-state index in [1.165, 1.54) is 0 Å². The summed E-state index contributed by atoms with van der Waals surface area (Å²) in [5.41, 5.74) is 0.587. The van der Waals surface area contributed by atoms with Crippen molar-refractivity contribution < 1.29 is 14.3 Å². The zero-order valence-corrected chi connectivity index (χ0v) is 13.5. The number of anilines is 1. The summed E-state index contributed by atoms with van der Waals surface area (Å²) < 4.78 is 5.10. The van der Waals surface area contributed by atoms with Crippen LogP contribution in [0.1, 0.15) is 43.0 Å². The van der Waals surface area contributed by atoms with E-state index >= 15 is 0 Å². The first-order chi connectivity index (χ1) is 11.2. The highest BCUT2D eigenvalue weighted by atomic mass is 16.5. The smallest absolute Gasteiger partial charge is 0.310 e. The van der Waals surface area contributed by atoms with E-state index in [0.29, 0.717) is 37.1 Å². The number of nitrogens with one attached hydrogen (secondary N) is 1. The number of ether oxygens (including phenoxy) is 1. The lowest BCUT2D eigenvalue weighted by atomic mass is 9.97. The predicted molar refractivity (Wildman–Crippen MR) is 86.1 cm³/mol. The molecule has 0 spiro atoms. The second-order valence-corrected chi connectivity index (χ2v) is 6.16. The van der Waals surface area contributed by atoms with E-state index in [-0.39, 0.29) is 17.8 Å². The first kappa shape index (κ1) is 15.8. The van der Waals surface area contributed by atoms with Crippen LogP contribution in [0.15, 0.2) is 18.3 Å². The van der Waals surface area contributed by atoms with Crippen molar-refractivity contribution in [3.05, 3.63) is 23.9 Å². The van der Waals surface area contributed by atoms with Gasteiger partial charge in [-0.2, -0.15) is 0 Å². The van der Waals surface area contributed by atoms with Crippen LogP contribution in [0.5, 0.6) is 0 Å². The number of esters is 1. The molecule has 2 fully saturated rings. The molecule has 1 aromatic heterocycles. The lowest BCUT2D eigenvalue weighted by Crippen LogP contribution is -2.43. The number of nitrogens with zero attached hydrogens (tertiary/aromatic N) is 2. The first-order valence-corrected chi connectivity index (χ1v) is 8.36. The number of carbonyl (C=O) groups is 2. The van der Waals surface area contributed by atoms with Crippen molar-refractivity contribution >= 4 is 17.7 Å². The molecular weight excluding hydrogens is 294 g/mol. The number of amides is 1. The molecule has 6 nitrogen and oxygen atoms in total. The van der Waals surface area contributed by atoms with Gasteiger partial charge in [-0.05, 0) is 44.7 Å². The Balaban J connectivity index is 1.71. The largest absolute Gasteiger partial charge is 0.466 e. The minimum absolute atomic E-state index is 0.0600. The van der Waals surface area contributed by atoms with Crippen molar-refractivity contribution in [3.8, 4) is 0 Å². The van der Waals surface area contributed by atoms with Gasteiger partial charge in [0, 0.05) is 25.3 Å². The number of hydrogen-bond donors (Lipinski definition) is 1. The quantitative estimate of drug-likeness (QED) is 0.842. The van der Waals surface area contributed by atoms with E-state index in [9.17, 15) is 9.59 Å². The molecule has 2 aliphatic rings. The fourth-order valence-corrected chi connectivity index (χ4v) is 2.90. The Morgan fingerprint density at radius 1 is 1.39 bits per heavy atom. The van der Waals surface area contributed by atoms with Gasteiger partial charge in [-0.15, -0.1) is 0 Å². The van der Waals surface area contributed by atoms with Crippen LogP contribution in [0.25, 0.3) is 0 Å². The minimum atomic E-state index is -0.218. The van der Waals surface area contributed by atoms with Gasteiger partial charge in [0.1, 0.15) is 5.82 Å². The van der Waals surface area contributed by atoms with Crippen molar-refractivity contribution in [1.82, 2.24) is 9.88 Å². The fourth-order valence-electron chi connectivity index (χ4n) is 2.90. The third-order valence-electron chi connectivity index (χ3n) is 4.28.